The van der Waals surface area contributed by atoms with Crippen LogP contribution in [0.4, 0.5) is 0 Å². The fraction of sp³-hybridized carbons (Fsp3) is 0.431. The van der Waals surface area contributed by atoms with Gasteiger partial charge in [-0.3, -0.25) is 6.08 Å². The average Bonchev–Trinajstić information content (AvgIpc) is 3.97. The van der Waals surface area contributed by atoms with Crippen LogP contribution in [-0.4, -0.2) is 3.21 Å². The van der Waals surface area contributed by atoms with E-state index in [2.05, 4.69) is 139 Å². The molecule has 0 heterocycles. The summed E-state index contributed by atoms with van der Waals surface area (Å²) >= 11 is 1.74. The van der Waals surface area contributed by atoms with Gasteiger partial charge in [0.2, 0.25) is 0 Å². The predicted molar refractivity (Wildman–Crippen MR) is 222 cm³/mol. The summed E-state index contributed by atoms with van der Waals surface area (Å²) in [7, 11) is 0. The molecule has 0 spiro atoms. The first-order chi connectivity index (χ1) is 25.0. The maximum atomic E-state index is 3.88. The zero-order valence-electron chi connectivity index (χ0n) is 32.9. The molecule has 8 rings (SSSR count). The van der Waals surface area contributed by atoms with Crippen LogP contribution in [0.1, 0.15) is 134 Å². The quantitative estimate of drug-likeness (QED) is 0.151. The van der Waals surface area contributed by atoms with Crippen LogP contribution in [0.3, 0.4) is 0 Å². The van der Waals surface area contributed by atoms with E-state index in [1.54, 1.807) is 24.2 Å². The molecule has 0 atom stereocenters. The van der Waals surface area contributed by atoms with Crippen molar-refractivity contribution in [1.82, 2.24) is 0 Å². The Hall–Kier alpha value is -2.89. The molecule has 0 saturated heterocycles. The van der Waals surface area contributed by atoms with Crippen molar-refractivity contribution in [3.63, 3.8) is 0 Å². The van der Waals surface area contributed by atoms with Crippen molar-refractivity contribution in [2.45, 2.75) is 129 Å². The zero-order valence-corrected chi connectivity index (χ0v) is 35.3. The minimum atomic E-state index is 0.0380. The standard InChI is InChI=1S/C33H33.C13H22.C5H5.Zr/c1-32(2,3)30-20-26-24(18-28(30)22-13-9-7-10-14-22)17-25-19-29(23-15-11-8-12-16-23)31(21-27(25)26)33(4,5)6;1-2-7-12(6-1)10-5-11-13-8-3-4-9-13;1-2-4-5-3-1;/h7-16,18,20-21H,17H2,1-6H3;12-13H,1-4,6-11H2;1-3H,4H2;/q-1;;-1;+2. The van der Waals surface area contributed by atoms with Crippen molar-refractivity contribution in [2.24, 2.45) is 11.8 Å². The molecule has 0 radical (unpaired) electrons. The van der Waals surface area contributed by atoms with Gasteiger partial charge in [0.15, 0.2) is 0 Å². The average molecular weight is 764 g/mol. The van der Waals surface area contributed by atoms with Gasteiger partial charge in [-0.1, -0.05) is 131 Å². The van der Waals surface area contributed by atoms with Gasteiger partial charge in [0.1, 0.15) is 0 Å². The molecule has 4 aliphatic carbocycles. The molecule has 0 unspecified atom stereocenters. The van der Waals surface area contributed by atoms with E-state index in [1.807, 2.05) is 15.4 Å². The third kappa shape index (κ3) is 10.00. The molecule has 0 bridgehead atoms. The van der Waals surface area contributed by atoms with E-state index in [9.17, 15) is 0 Å². The number of rotatable bonds is 6. The van der Waals surface area contributed by atoms with Crippen molar-refractivity contribution < 1.29 is 24.2 Å². The zero-order chi connectivity index (χ0) is 36.7. The number of hydrogen-bond donors (Lipinski definition) is 0. The topological polar surface area (TPSA) is 0 Å². The Morgan fingerprint density at radius 3 is 1.67 bits per heavy atom. The van der Waals surface area contributed by atoms with Crippen molar-refractivity contribution in [3.8, 4) is 33.4 Å². The van der Waals surface area contributed by atoms with E-state index in [-0.39, 0.29) is 10.8 Å². The van der Waals surface area contributed by atoms with Gasteiger partial charge >= 0.3 is 103 Å². The summed E-state index contributed by atoms with van der Waals surface area (Å²) in [6.45, 7) is 13.9. The van der Waals surface area contributed by atoms with Crippen LogP contribution in [-0.2, 0) is 41.5 Å². The number of benzene rings is 4. The van der Waals surface area contributed by atoms with Crippen molar-refractivity contribution in [3.05, 3.63) is 131 Å². The second-order valence-corrected chi connectivity index (χ2v) is 19.5. The van der Waals surface area contributed by atoms with E-state index >= 15 is 0 Å². The van der Waals surface area contributed by atoms with Crippen LogP contribution in [0.2, 0.25) is 0 Å². The van der Waals surface area contributed by atoms with E-state index in [0.717, 1.165) is 24.7 Å². The summed E-state index contributed by atoms with van der Waals surface area (Å²) in [5.41, 5.74) is 13.5. The molecule has 4 aromatic carbocycles. The van der Waals surface area contributed by atoms with Gasteiger partial charge < -0.3 is 0 Å². The van der Waals surface area contributed by atoms with Crippen LogP contribution >= 0.6 is 0 Å². The van der Waals surface area contributed by atoms with Gasteiger partial charge in [-0.15, -0.1) is 35.2 Å². The van der Waals surface area contributed by atoms with Crippen LogP contribution in [0.5, 0.6) is 0 Å². The Morgan fingerprint density at radius 1 is 0.654 bits per heavy atom. The second kappa shape index (κ2) is 17.5. The van der Waals surface area contributed by atoms with Gasteiger partial charge in [0.05, 0.1) is 0 Å². The predicted octanol–water partition coefficient (Wildman–Crippen LogP) is 14.2. The van der Waals surface area contributed by atoms with Crippen molar-refractivity contribution in [2.75, 3.05) is 0 Å². The third-order valence-corrected chi connectivity index (χ3v) is 12.4. The summed E-state index contributed by atoms with van der Waals surface area (Å²) < 4.78 is 1.90. The molecule has 4 aromatic rings. The summed E-state index contributed by atoms with van der Waals surface area (Å²) in [4.78, 5) is 0. The molecule has 2 saturated carbocycles. The summed E-state index contributed by atoms with van der Waals surface area (Å²) in [5, 5.41) is 0. The van der Waals surface area contributed by atoms with Crippen LogP contribution in [0.15, 0.2) is 97.1 Å². The minimum absolute atomic E-state index is 0.0380. The van der Waals surface area contributed by atoms with Crippen LogP contribution in [0.25, 0.3) is 33.4 Å². The van der Waals surface area contributed by atoms with Gasteiger partial charge in [-0.05, 0) is 39.5 Å². The molecule has 268 valence electrons. The van der Waals surface area contributed by atoms with Gasteiger partial charge in [-0.2, -0.15) is 6.08 Å². The first kappa shape index (κ1) is 38.8. The summed E-state index contributed by atoms with van der Waals surface area (Å²) in [6, 6.07) is 32.8. The number of hydrogen-bond acceptors (Lipinski definition) is 0. The molecule has 0 aliphatic heterocycles. The molecular weight excluding hydrogens is 704 g/mol. The van der Waals surface area contributed by atoms with E-state index < -0.39 is 0 Å². The van der Waals surface area contributed by atoms with Gasteiger partial charge in [-0.25, -0.2) is 12.2 Å². The summed E-state index contributed by atoms with van der Waals surface area (Å²) in [6.07, 6.45) is 26.1. The Bertz CT molecular complexity index is 1710. The molecular formula is C51H60Zr. The normalized spacial score (nSPS) is 16.6. The van der Waals surface area contributed by atoms with E-state index in [0.29, 0.717) is 0 Å². The molecule has 0 amide bonds. The van der Waals surface area contributed by atoms with E-state index in [4.69, 9.17) is 0 Å². The summed E-state index contributed by atoms with van der Waals surface area (Å²) in [5.74, 6) is 2.18. The maximum absolute atomic E-state index is 3.88. The van der Waals surface area contributed by atoms with Crippen molar-refractivity contribution >= 4 is 3.21 Å². The van der Waals surface area contributed by atoms with Gasteiger partial charge in [0.25, 0.3) is 0 Å². The third-order valence-electron chi connectivity index (χ3n) is 11.4. The first-order valence-corrected chi connectivity index (χ1v) is 21.4. The van der Waals surface area contributed by atoms with Gasteiger partial charge in [0, 0.05) is 0 Å². The molecule has 1 heteroatoms. The molecule has 52 heavy (non-hydrogen) atoms. The molecule has 0 aromatic heterocycles. The number of fused-ring (bicyclic) bond motifs is 3. The van der Waals surface area contributed by atoms with E-state index in [1.165, 1.54) is 120 Å². The fourth-order valence-corrected chi connectivity index (χ4v) is 10.1. The first-order valence-electron chi connectivity index (χ1n) is 20.1. The van der Waals surface area contributed by atoms with Crippen LogP contribution < -0.4 is 0 Å². The number of allylic oxidation sites excluding steroid dienone is 4. The Balaban J connectivity index is 0.000000199. The monoisotopic (exact) mass is 762 g/mol. The molecule has 0 nitrogen and oxygen atoms in total. The Morgan fingerprint density at radius 2 is 1.19 bits per heavy atom. The second-order valence-electron chi connectivity index (χ2n) is 17.7. The molecule has 2 fully saturated rings. The van der Waals surface area contributed by atoms with Crippen LogP contribution in [0, 0.1) is 24.0 Å². The fourth-order valence-electron chi connectivity index (χ4n) is 8.65. The molecule has 4 aliphatic rings. The Labute approximate surface area is 331 Å². The van der Waals surface area contributed by atoms with Crippen molar-refractivity contribution in [1.29, 1.82) is 0 Å². The Kier molecular flexibility index (Phi) is 13.1. The molecule has 0 N–H and O–H groups in total. The SMILES string of the molecule is CC(C)(C)c1cc2c([c-]c1-c1ccccc1)Cc1cc(-c3ccccc3)c(C(C)(C)C)cc1-2.[C-]1=CC=CC1.[Zr+2]=[C](CC1CCCC1)CC1CCCC1.